The Bertz CT molecular complexity index is 1200. The molecule has 4 rings (SSSR count). The lowest BCUT2D eigenvalue weighted by molar-refractivity contribution is 0.317. The summed E-state index contributed by atoms with van der Waals surface area (Å²) in [7, 11) is 0. The molecule has 0 saturated carbocycles. The van der Waals surface area contributed by atoms with Gasteiger partial charge in [0.05, 0.1) is 11.1 Å². The first-order valence-electron chi connectivity index (χ1n) is 8.55. The Labute approximate surface area is 168 Å². The molecule has 2 aromatic heterocycles. The minimum atomic E-state index is -0.160. The van der Waals surface area contributed by atoms with E-state index in [0.717, 1.165) is 27.8 Å². The number of ether oxygens (including phenoxy) is 1. The second kappa shape index (κ2) is 7.62. The quantitative estimate of drug-likeness (QED) is 0.470. The molecule has 0 unspecified atom stereocenters. The SMILES string of the molecule is CCCOc1ccc(-c2nc3s/c(=C\c4ccccc4Br)c(=O)n3n2)cc1. The maximum atomic E-state index is 12.7. The maximum absolute atomic E-state index is 12.7. The third-order valence-corrected chi connectivity index (χ3v) is 5.64. The van der Waals surface area contributed by atoms with Crippen LogP contribution in [0.15, 0.2) is 57.8 Å². The van der Waals surface area contributed by atoms with Crippen molar-refractivity contribution in [3.63, 3.8) is 0 Å². The summed E-state index contributed by atoms with van der Waals surface area (Å²) in [4.78, 5) is 17.8. The number of nitrogens with zero attached hydrogens (tertiary/aromatic N) is 3. The van der Waals surface area contributed by atoms with Crippen LogP contribution in [-0.2, 0) is 0 Å². The Kier molecular flexibility index (Phi) is 5.05. The van der Waals surface area contributed by atoms with Crippen molar-refractivity contribution in [1.29, 1.82) is 0 Å². The van der Waals surface area contributed by atoms with Gasteiger partial charge in [0.15, 0.2) is 5.82 Å². The van der Waals surface area contributed by atoms with E-state index < -0.39 is 0 Å². The molecule has 2 heterocycles. The van der Waals surface area contributed by atoms with Crippen LogP contribution in [0, 0.1) is 0 Å². The van der Waals surface area contributed by atoms with Crippen molar-refractivity contribution in [1.82, 2.24) is 14.6 Å². The first-order valence-corrected chi connectivity index (χ1v) is 10.2. The van der Waals surface area contributed by atoms with Gasteiger partial charge in [0.2, 0.25) is 4.96 Å². The molecule has 0 aliphatic heterocycles. The maximum Gasteiger partial charge on any atom is 0.291 e. The Morgan fingerprint density at radius 2 is 1.96 bits per heavy atom. The topological polar surface area (TPSA) is 56.5 Å². The zero-order valence-electron chi connectivity index (χ0n) is 14.6. The van der Waals surface area contributed by atoms with Crippen molar-refractivity contribution in [2.45, 2.75) is 13.3 Å². The van der Waals surface area contributed by atoms with Crippen molar-refractivity contribution >= 4 is 38.3 Å². The van der Waals surface area contributed by atoms with Crippen LogP contribution in [0.2, 0.25) is 0 Å². The Morgan fingerprint density at radius 3 is 2.67 bits per heavy atom. The summed E-state index contributed by atoms with van der Waals surface area (Å²) in [6.07, 6.45) is 2.82. The van der Waals surface area contributed by atoms with Crippen molar-refractivity contribution in [2.75, 3.05) is 6.61 Å². The molecule has 0 saturated heterocycles. The number of benzene rings is 2. The van der Waals surface area contributed by atoms with Gasteiger partial charge >= 0.3 is 0 Å². The average molecular weight is 442 g/mol. The summed E-state index contributed by atoms with van der Waals surface area (Å²) in [6, 6.07) is 15.4. The molecular formula is C20H16BrN3O2S. The van der Waals surface area contributed by atoms with E-state index in [-0.39, 0.29) is 5.56 Å². The Balaban J connectivity index is 1.69. The third-order valence-electron chi connectivity index (χ3n) is 3.96. The normalized spacial score (nSPS) is 12.0. The van der Waals surface area contributed by atoms with Crippen molar-refractivity contribution in [3.8, 4) is 17.1 Å². The van der Waals surface area contributed by atoms with Crippen molar-refractivity contribution in [2.24, 2.45) is 0 Å². The highest BCUT2D eigenvalue weighted by Gasteiger charge is 2.12. The molecule has 0 radical (unpaired) electrons. The molecule has 0 aliphatic rings. The molecule has 0 bridgehead atoms. The standard InChI is InChI=1S/C20H16BrN3O2S/c1-2-11-26-15-9-7-13(8-10-15)18-22-20-24(23-18)19(25)17(27-20)12-14-5-3-4-6-16(14)21/h3-10,12H,2,11H2,1H3/b17-12-. The Morgan fingerprint density at radius 1 is 1.19 bits per heavy atom. The molecule has 0 atom stereocenters. The zero-order valence-corrected chi connectivity index (χ0v) is 17.0. The van der Waals surface area contributed by atoms with Gasteiger partial charge in [0.1, 0.15) is 5.75 Å². The molecule has 0 fully saturated rings. The summed E-state index contributed by atoms with van der Waals surface area (Å²) < 4.78 is 8.50. The predicted octanol–water partition coefficient (Wildman–Crippen LogP) is 3.92. The second-order valence-corrected chi connectivity index (χ2v) is 7.80. The molecule has 7 heteroatoms. The molecule has 0 aliphatic carbocycles. The lowest BCUT2D eigenvalue weighted by Crippen LogP contribution is -2.23. The summed E-state index contributed by atoms with van der Waals surface area (Å²) in [5.74, 6) is 1.35. The molecule has 136 valence electrons. The fraction of sp³-hybridized carbons (Fsp3) is 0.150. The molecule has 5 nitrogen and oxygen atoms in total. The van der Waals surface area contributed by atoms with E-state index in [9.17, 15) is 4.79 Å². The summed E-state index contributed by atoms with van der Waals surface area (Å²) >= 11 is 4.83. The molecule has 2 aromatic carbocycles. The summed E-state index contributed by atoms with van der Waals surface area (Å²) in [6.45, 7) is 2.76. The molecule has 0 amide bonds. The fourth-order valence-electron chi connectivity index (χ4n) is 2.61. The second-order valence-electron chi connectivity index (χ2n) is 5.94. The van der Waals surface area contributed by atoms with Crippen LogP contribution in [0.4, 0.5) is 0 Å². The number of hydrogen-bond donors (Lipinski definition) is 0. The third kappa shape index (κ3) is 3.65. The van der Waals surface area contributed by atoms with E-state index in [1.54, 1.807) is 0 Å². The van der Waals surface area contributed by atoms with Crippen LogP contribution in [0.1, 0.15) is 18.9 Å². The summed E-state index contributed by atoms with van der Waals surface area (Å²) in [5, 5.41) is 4.39. The minimum absolute atomic E-state index is 0.160. The van der Waals surface area contributed by atoms with Crippen molar-refractivity contribution in [3.05, 3.63) is 73.5 Å². The minimum Gasteiger partial charge on any atom is -0.494 e. The lowest BCUT2D eigenvalue weighted by atomic mass is 10.2. The number of thiazole rings is 1. The van der Waals surface area contributed by atoms with Gasteiger partial charge in [0.25, 0.3) is 5.56 Å². The van der Waals surface area contributed by atoms with Crippen molar-refractivity contribution < 1.29 is 4.74 Å². The predicted molar refractivity (Wildman–Crippen MR) is 111 cm³/mol. The highest BCUT2D eigenvalue weighted by atomic mass is 79.9. The summed E-state index contributed by atoms with van der Waals surface area (Å²) in [5.41, 5.74) is 1.64. The van der Waals surface area contributed by atoms with E-state index in [1.807, 2.05) is 54.6 Å². The van der Waals surface area contributed by atoms with Crippen LogP contribution in [0.3, 0.4) is 0 Å². The molecular weight excluding hydrogens is 426 g/mol. The van der Waals surface area contributed by atoms with E-state index in [2.05, 4.69) is 32.9 Å². The van der Waals surface area contributed by atoms with E-state index in [0.29, 0.717) is 21.9 Å². The van der Waals surface area contributed by atoms with E-state index in [4.69, 9.17) is 4.74 Å². The molecule has 0 spiro atoms. The van der Waals surface area contributed by atoms with Gasteiger partial charge < -0.3 is 4.74 Å². The highest BCUT2D eigenvalue weighted by molar-refractivity contribution is 9.10. The van der Waals surface area contributed by atoms with E-state index >= 15 is 0 Å². The monoisotopic (exact) mass is 441 g/mol. The number of hydrogen-bond acceptors (Lipinski definition) is 5. The van der Waals surface area contributed by atoms with Gasteiger partial charge in [-0.15, -0.1) is 5.10 Å². The number of aromatic nitrogens is 3. The van der Waals surface area contributed by atoms with Gasteiger partial charge in [-0.1, -0.05) is 52.4 Å². The van der Waals surface area contributed by atoms with Crippen LogP contribution >= 0.6 is 27.3 Å². The first-order chi connectivity index (χ1) is 13.2. The molecule has 27 heavy (non-hydrogen) atoms. The van der Waals surface area contributed by atoms with Gasteiger partial charge in [-0.25, -0.2) is 0 Å². The van der Waals surface area contributed by atoms with Gasteiger partial charge in [-0.05, 0) is 48.4 Å². The van der Waals surface area contributed by atoms with Crippen LogP contribution < -0.4 is 14.8 Å². The largest absolute Gasteiger partial charge is 0.494 e. The number of halogens is 1. The van der Waals surface area contributed by atoms with Gasteiger partial charge in [-0.2, -0.15) is 9.50 Å². The van der Waals surface area contributed by atoms with E-state index in [1.165, 1.54) is 15.9 Å². The van der Waals surface area contributed by atoms with Gasteiger partial charge in [0, 0.05) is 10.0 Å². The van der Waals surface area contributed by atoms with Gasteiger partial charge in [-0.3, -0.25) is 4.79 Å². The molecule has 0 N–H and O–H groups in total. The number of rotatable bonds is 5. The van der Waals surface area contributed by atoms with Crippen LogP contribution in [0.25, 0.3) is 22.4 Å². The molecule has 4 aromatic rings. The fourth-order valence-corrected chi connectivity index (χ4v) is 3.91. The zero-order chi connectivity index (χ0) is 18.8. The van der Waals surface area contributed by atoms with Crippen LogP contribution in [-0.4, -0.2) is 21.2 Å². The van der Waals surface area contributed by atoms with Crippen LogP contribution in [0.5, 0.6) is 5.75 Å². The number of fused-ring (bicyclic) bond motifs is 1. The Hall–Kier alpha value is -2.51. The first kappa shape index (κ1) is 17.9. The smallest absolute Gasteiger partial charge is 0.291 e. The average Bonchev–Trinajstić information content (AvgIpc) is 3.22. The lowest BCUT2D eigenvalue weighted by Gasteiger charge is -2.04. The highest BCUT2D eigenvalue weighted by Crippen LogP contribution is 2.21.